The third-order valence-corrected chi connectivity index (χ3v) is 6.36. The van der Waals surface area contributed by atoms with E-state index in [4.69, 9.17) is 0 Å². The average Bonchev–Trinajstić information content (AvgIpc) is 2.84. The van der Waals surface area contributed by atoms with Crippen molar-refractivity contribution < 1.29 is 22.8 Å². The van der Waals surface area contributed by atoms with Crippen molar-refractivity contribution >= 4 is 36.1 Å². The summed E-state index contributed by atoms with van der Waals surface area (Å²) in [4.78, 5) is 26.4. The van der Waals surface area contributed by atoms with Crippen molar-refractivity contribution in [3.63, 3.8) is 0 Å². The molecule has 1 aliphatic rings. The first kappa shape index (κ1) is 24.7. The van der Waals surface area contributed by atoms with Gasteiger partial charge in [-0.2, -0.15) is 13.2 Å². The molecule has 5 nitrogen and oxygen atoms in total. The second kappa shape index (κ2) is 10.4. The summed E-state index contributed by atoms with van der Waals surface area (Å²) in [5.74, 6) is -0.524. The van der Waals surface area contributed by atoms with Crippen molar-refractivity contribution in [2.75, 3.05) is 10.6 Å². The number of hydrogen-bond acceptors (Lipinski definition) is 3. The fraction of sp³-hybridized carbons (Fsp3) is 0.231. The van der Waals surface area contributed by atoms with Gasteiger partial charge in [0.2, 0.25) is 0 Å². The first-order valence-electron chi connectivity index (χ1n) is 11.2. The number of hydrogen-bond donors (Lipinski definition) is 3. The molecule has 182 valence electrons. The van der Waals surface area contributed by atoms with Crippen LogP contribution in [0.25, 0.3) is 0 Å². The first-order valence-corrected chi connectivity index (χ1v) is 11.6. The lowest BCUT2D eigenvalue weighted by Crippen LogP contribution is -2.38. The molecule has 0 heterocycles. The van der Waals surface area contributed by atoms with Crippen LogP contribution < -0.4 is 10.6 Å². The number of urea groups is 1. The SMILES string of the molecule is O=C(Nc1cccc2c1CCCC2)C(c1ccccc1)N(S)C(=O)Nc1ccccc1C(F)(F)F. The van der Waals surface area contributed by atoms with E-state index in [1.807, 2.05) is 18.2 Å². The first-order chi connectivity index (χ1) is 16.8. The molecule has 3 amide bonds. The summed E-state index contributed by atoms with van der Waals surface area (Å²) >= 11 is 4.25. The third kappa shape index (κ3) is 5.62. The van der Waals surface area contributed by atoms with E-state index in [9.17, 15) is 22.8 Å². The summed E-state index contributed by atoms with van der Waals surface area (Å²) in [6.07, 6.45) is -0.793. The van der Waals surface area contributed by atoms with Gasteiger partial charge < -0.3 is 10.6 Å². The smallest absolute Gasteiger partial charge is 0.324 e. The molecule has 4 rings (SSSR count). The molecule has 35 heavy (non-hydrogen) atoms. The van der Waals surface area contributed by atoms with Crippen LogP contribution in [0.1, 0.15) is 41.1 Å². The predicted molar refractivity (Wildman–Crippen MR) is 132 cm³/mol. The molecule has 9 heteroatoms. The fourth-order valence-corrected chi connectivity index (χ4v) is 4.56. The number of nitrogens with one attached hydrogen (secondary N) is 2. The minimum Gasteiger partial charge on any atom is -0.324 e. The number of halogens is 3. The van der Waals surface area contributed by atoms with Gasteiger partial charge in [0.25, 0.3) is 5.91 Å². The van der Waals surface area contributed by atoms with Crippen LogP contribution >= 0.6 is 12.8 Å². The highest BCUT2D eigenvalue weighted by atomic mass is 32.1. The van der Waals surface area contributed by atoms with Crippen molar-refractivity contribution in [1.29, 1.82) is 0 Å². The van der Waals surface area contributed by atoms with Gasteiger partial charge in [0.1, 0.15) is 6.04 Å². The Hall–Kier alpha value is -3.46. The van der Waals surface area contributed by atoms with Crippen molar-refractivity contribution in [3.8, 4) is 0 Å². The summed E-state index contributed by atoms with van der Waals surface area (Å²) in [5, 5.41) is 5.16. The van der Waals surface area contributed by atoms with Gasteiger partial charge >= 0.3 is 12.2 Å². The minimum absolute atomic E-state index is 0.423. The Morgan fingerprint density at radius 2 is 1.49 bits per heavy atom. The number of anilines is 2. The Kier molecular flexibility index (Phi) is 7.35. The Balaban J connectivity index is 1.62. The molecule has 0 fully saturated rings. The Morgan fingerprint density at radius 3 is 2.23 bits per heavy atom. The summed E-state index contributed by atoms with van der Waals surface area (Å²) in [7, 11) is 0. The standard InChI is InChI=1S/C26H24F3N3O2S/c27-26(28,29)20-14-6-7-15-22(20)31-25(34)32(35)23(18-10-2-1-3-11-18)24(33)30-21-16-8-12-17-9-4-5-13-19(17)21/h1-3,6-8,10-12,14-16,23,35H,4-5,9,13H2,(H,30,33)(H,31,34). The number of fused-ring (bicyclic) bond motifs is 1. The quantitative estimate of drug-likeness (QED) is 0.345. The number of thiol groups is 1. The molecule has 1 aliphatic carbocycles. The van der Waals surface area contributed by atoms with Gasteiger partial charge in [0.15, 0.2) is 0 Å². The van der Waals surface area contributed by atoms with Crippen molar-refractivity contribution in [2.45, 2.75) is 37.9 Å². The molecular formula is C26H24F3N3O2S. The normalized spacial score (nSPS) is 13.9. The lowest BCUT2D eigenvalue weighted by atomic mass is 9.90. The molecule has 0 aromatic heterocycles. The van der Waals surface area contributed by atoms with Crippen LogP contribution in [0.3, 0.4) is 0 Å². The van der Waals surface area contributed by atoms with Crippen LogP contribution in [0.4, 0.5) is 29.3 Å². The van der Waals surface area contributed by atoms with Crippen LogP contribution in [0.15, 0.2) is 72.8 Å². The summed E-state index contributed by atoms with van der Waals surface area (Å²) in [5.41, 5.74) is 1.95. The molecule has 2 N–H and O–H groups in total. The molecule has 0 radical (unpaired) electrons. The lowest BCUT2D eigenvalue weighted by Gasteiger charge is -2.28. The number of aryl methyl sites for hydroxylation is 1. The number of para-hydroxylation sites is 1. The number of alkyl halides is 3. The zero-order valence-corrected chi connectivity index (χ0v) is 19.6. The van der Waals surface area contributed by atoms with E-state index in [-0.39, 0.29) is 0 Å². The maximum Gasteiger partial charge on any atom is 0.418 e. The van der Waals surface area contributed by atoms with E-state index in [2.05, 4.69) is 23.4 Å². The molecular weight excluding hydrogens is 475 g/mol. The predicted octanol–water partition coefficient (Wildman–Crippen LogP) is 6.64. The minimum atomic E-state index is -4.66. The second-order valence-electron chi connectivity index (χ2n) is 8.27. The van der Waals surface area contributed by atoms with E-state index in [1.54, 1.807) is 30.3 Å². The zero-order valence-electron chi connectivity index (χ0n) is 18.7. The molecule has 3 aromatic rings. The van der Waals surface area contributed by atoms with Gasteiger partial charge in [-0.05, 0) is 60.6 Å². The monoisotopic (exact) mass is 499 g/mol. The molecule has 0 bridgehead atoms. The number of amides is 3. The third-order valence-electron chi connectivity index (χ3n) is 5.94. The Morgan fingerprint density at radius 1 is 0.829 bits per heavy atom. The highest BCUT2D eigenvalue weighted by molar-refractivity contribution is 7.78. The Bertz CT molecular complexity index is 1220. The van der Waals surface area contributed by atoms with Crippen molar-refractivity contribution in [1.82, 2.24) is 4.31 Å². The molecule has 0 saturated carbocycles. The van der Waals surface area contributed by atoms with Crippen molar-refractivity contribution in [3.05, 3.63) is 95.1 Å². The summed E-state index contributed by atoms with van der Waals surface area (Å²) < 4.78 is 41.0. The highest BCUT2D eigenvalue weighted by Gasteiger charge is 2.35. The average molecular weight is 500 g/mol. The maximum atomic E-state index is 13.5. The lowest BCUT2D eigenvalue weighted by molar-refractivity contribution is -0.137. The molecule has 0 saturated heterocycles. The summed E-state index contributed by atoms with van der Waals surface area (Å²) in [6, 6.07) is 16.7. The van der Waals surface area contributed by atoms with Crippen molar-refractivity contribution in [2.24, 2.45) is 0 Å². The van der Waals surface area contributed by atoms with Crippen LogP contribution in [0.2, 0.25) is 0 Å². The van der Waals surface area contributed by atoms with Gasteiger partial charge in [-0.3, -0.25) is 9.10 Å². The number of carbonyl (C=O) groups excluding carboxylic acids is 2. The molecule has 1 unspecified atom stereocenters. The molecule has 0 aliphatic heterocycles. The molecule has 3 aromatic carbocycles. The van der Waals surface area contributed by atoms with Gasteiger partial charge in [0, 0.05) is 5.69 Å². The van der Waals surface area contributed by atoms with E-state index >= 15 is 0 Å². The number of rotatable bonds is 5. The summed E-state index contributed by atoms with van der Waals surface area (Å²) in [6.45, 7) is 0. The van der Waals surface area contributed by atoms with Crippen LogP contribution in [0, 0.1) is 0 Å². The van der Waals surface area contributed by atoms with E-state index in [0.717, 1.165) is 47.7 Å². The van der Waals surface area contributed by atoms with Crippen LogP contribution in [-0.2, 0) is 23.8 Å². The second-order valence-corrected chi connectivity index (χ2v) is 8.70. The fourth-order valence-electron chi connectivity index (χ4n) is 4.27. The number of nitrogens with zero attached hydrogens (tertiary/aromatic N) is 1. The topological polar surface area (TPSA) is 61.4 Å². The zero-order chi connectivity index (χ0) is 25.0. The van der Waals surface area contributed by atoms with Crippen LogP contribution in [-0.4, -0.2) is 16.2 Å². The highest BCUT2D eigenvalue weighted by Crippen LogP contribution is 2.35. The largest absolute Gasteiger partial charge is 0.418 e. The molecule has 0 spiro atoms. The maximum absolute atomic E-state index is 13.5. The van der Waals surface area contributed by atoms with E-state index in [0.29, 0.717) is 11.3 Å². The van der Waals surface area contributed by atoms with Crippen LogP contribution in [0.5, 0.6) is 0 Å². The Labute approximate surface area is 206 Å². The molecule has 1 atom stereocenters. The number of benzene rings is 3. The van der Waals surface area contributed by atoms with Gasteiger partial charge in [-0.15, -0.1) is 0 Å². The van der Waals surface area contributed by atoms with E-state index < -0.39 is 35.4 Å². The number of carbonyl (C=O) groups is 2. The van der Waals surface area contributed by atoms with Gasteiger partial charge in [-0.1, -0.05) is 67.4 Å². The van der Waals surface area contributed by atoms with Gasteiger partial charge in [0.05, 0.1) is 11.3 Å². The van der Waals surface area contributed by atoms with Gasteiger partial charge in [-0.25, -0.2) is 4.79 Å². The van der Waals surface area contributed by atoms with E-state index in [1.165, 1.54) is 17.7 Å².